The van der Waals surface area contributed by atoms with Gasteiger partial charge in [-0.3, -0.25) is 9.59 Å². The molecule has 0 bridgehead atoms. The highest BCUT2D eigenvalue weighted by Crippen LogP contribution is 2.32. The molecule has 0 spiro atoms. The van der Waals surface area contributed by atoms with Crippen LogP contribution in [0.2, 0.25) is 5.02 Å². The number of rotatable bonds is 12. The van der Waals surface area contributed by atoms with Gasteiger partial charge in [0.1, 0.15) is 12.4 Å². The van der Waals surface area contributed by atoms with Crippen molar-refractivity contribution in [2.24, 2.45) is 5.10 Å². The summed E-state index contributed by atoms with van der Waals surface area (Å²) in [5.41, 5.74) is 3.94. The smallest absolute Gasteiger partial charge is 0.271 e. The topological polar surface area (TPSA) is 98.3 Å². The molecule has 3 aromatic rings. The highest BCUT2D eigenvalue weighted by atomic mass is 79.9. The van der Waals surface area contributed by atoms with E-state index in [1.165, 1.54) is 6.21 Å². The Balaban J connectivity index is 1.68. The third-order valence-corrected chi connectivity index (χ3v) is 6.04. The van der Waals surface area contributed by atoms with E-state index in [4.69, 9.17) is 25.8 Å². The molecule has 11 heteroatoms. The molecule has 0 atom stereocenters. The van der Waals surface area contributed by atoms with Gasteiger partial charge in [-0.2, -0.15) is 5.10 Å². The van der Waals surface area contributed by atoms with Gasteiger partial charge < -0.3 is 19.5 Å². The third kappa shape index (κ3) is 8.61. The first-order valence-electron chi connectivity index (χ1n) is 11.3. The van der Waals surface area contributed by atoms with Crippen molar-refractivity contribution in [3.05, 3.63) is 92.3 Å². The van der Waals surface area contributed by atoms with Crippen molar-refractivity contribution in [1.29, 1.82) is 0 Å². The van der Waals surface area contributed by atoms with Gasteiger partial charge in [-0.25, -0.2) is 5.43 Å². The van der Waals surface area contributed by atoms with Gasteiger partial charge in [-0.1, -0.05) is 40.2 Å². The maximum Gasteiger partial charge on any atom is 0.271 e. The fourth-order valence-corrected chi connectivity index (χ4v) is 4.61. The zero-order valence-electron chi connectivity index (χ0n) is 20.3. The molecule has 3 rings (SSSR count). The Morgan fingerprint density at radius 2 is 1.79 bits per heavy atom. The number of hydrogen-bond donors (Lipinski definition) is 2. The van der Waals surface area contributed by atoms with Crippen LogP contribution in [0.4, 0.5) is 5.69 Å². The van der Waals surface area contributed by atoms with Crippen molar-refractivity contribution < 1.29 is 23.8 Å². The fraction of sp³-hybridized carbons (Fsp3) is 0.148. The summed E-state index contributed by atoms with van der Waals surface area (Å²) in [4.78, 5) is 25.1. The summed E-state index contributed by atoms with van der Waals surface area (Å²) in [7, 11) is 0. The predicted molar refractivity (Wildman–Crippen MR) is 156 cm³/mol. The number of benzene rings is 3. The Bertz CT molecular complexity index is 1330. The molecule has 0 fully saturated rings. The largest absolute Gasteiger partial charge is 0.490 e. The van der Waals surface area contributed by atoms with Crippen LogP contribution in [0.5, 0.6) is 17.2 Å². The van der Waals surface area contributed by atoms with E-state index in [2.05, 4.69) is 54.3 Å². The average molecular weight is 666 g/mol. The molecule has 198 valence electrons. The van der Waals surface area contributed by atoms with E-state index in [9.17, 15) is 9.59 Å². The van der Waals surface area contributed by atoms with E-state index in [0.717, 1.165) is 4.47 Å². The van der Waals surface area contributed by atoms with Gasteiger partial charge in [0.25, 0.3) is 11.8 Å². The molecule has 2 N–H and O–H groups in total. The van der Waals surface area contributed by atoms with Crippen LogP contribution < -0.4 is 25.0 Å². The molecule has 0 aliphatic heterocycles. The van der Waals surface area contributed by atoms with E-state index < -0.39 is 5.91 Å². The number of hydrogen-bond acceptors (Lipinski definition) is 6. The second-order valence-electron chi connectivity index (χ2n) is 7.54. The number of carbonyl (C=O) groups is 2. The molecule has 0 saturated heterocycles. The van der Waals surface area contributed by atoms with Crippen LogP contribution in [0.3, 0.4) is 0 Å². The van der Waals surface area contributed by atoms with Crippen molar-refractivity contribution in [2.75, 3.05) is 25.1 Å². The summed E-state index contributed by atoms with van der Waals surface area (Å²) in [5, 5.41) is 7.37. The molecular formula is C27H24Br2ClN3O5. The van der Waals surface area contributed by atoms with Gasteiger partial charge in [0.05, 0.1) is 17.3 Å². The van der Waals surface area contributed by atoms with Crippen LogP contribution in [0.25, 0.3) is 0 Å². The highest BCUT2D eigenvalue weighted by molar-refractivity contribution is 9.11. The van der Waals surface area contributed by atoms with Crippen molar-refractivity contribution in [3.63, 3.8) is 0 Å². The fourth-order valence-electron chi connectivity index (χ4n) is 3.11. The summed E-state index contributed by atoms with van der Waals surface area (Å²) in [6.07, 6.45) is 3.04. The zero-order chi connectivity index (χ0) is 27.5. The quantitative estimate of drug-likeness (QED) is 0.129. The minimum atomic E-state index is -0.448. The monoisotopic (exact) mass is 663 g/mol. The van der Waals surface area contributed by atoms with E-state index >= 15 is 0 Å². The summed E-state index contributed by atoms with van der Waals surface area (Å²) >= 11 is 12.7. The molecule has 2 amide bonds. The maximum absolute atomic E-state index is 12.7. The Hall–Kier alpha value is -3.34. The van der Waals surface area contributed by atoms with Crippen LogP contribution in [-0.4, -0.2) is 37.8 Å². The van der Waals surface area contributed by atoms with Gasteiger partial charge in [0, 0.05) is 26.3 Å². The van der Waals surface area contributed by atoms with Gasteiger partial charge in [-0.05, 0) is 77.5 Å². The summed E-state index contributed by atoms with van der Waals surface area (Å²) < 4.78 is 18.3. The molecule has 0 aromatic heterocycles. The summed E-state index contributed by atoms with van der Waals surface area (Å²) in [5.74, 6) is 0.516. The number of carbonyl (C=O) groups excluding carboxylic acids is 2. The number of ether oxygens (including phenoxy) is 3. The molecule has 3 aromatic carbocycles. The second-order valence-corrected chi connectivity index (χ2v) is 9.75. The first-order valence-corrected chi connectivity index (χ1v) is 13.3. The number of amides is 2. The molecule has 0 aliphatic carbocycles. The number of halogens is 3. The Morgan fingerprint density at radius 1 is 1.03 bits per heavy atom. The highest BCUT2D eigenvalue weighted by Gasteiger charge is 2.14. The Kier molecular flexibility index (Phi) is 11.2. The van der Waals surface area contributed by atoms with Crippen LogP contribution in [0, 0.1) is 0 Å². The zero-order valence-corrected chi connectivity index (χ0v) is 24.2. The van der Waals surface area contributed by atoms with Crippen molar-refractivity contribution >= 4 is 67.2 Å². The van der Waals surface area contributed by atoms with E-state index in [-0.39, 0.29) is 12.5 Å². The lowest BCUT2D eigenvalue weighted by Gasteiger charge is -2.13. The molecule has 0 radical (unpaired) electrons. The first kappa shape index (κ1) is 29.2. The lowest BCUT2D eigenvalue weighted by atomic mass is 10.2. The van der Waals surface area contributed by atoms with Crippen LogP contribution in [-0.2, 0) is 4.79 Å². The molecule has 0 aliphatic rings. The Labute approximate surface area is 242 Å². The number of anilines is 1. The normalized spacial score (nSPS) is 10.6. The number of nitrogens with zero attached hydrogens (tertiary/aromatic N) is 1. The lowest BCUT2D eigenvalue weighted by Crippen LogP contribution is -2.21. The first-order chi connectivity index (χ1) is 18.3. The van der Waals surface area contributed by atoms with Gasteiger partial charge >= 0.3 is 0 Å². The summed E-state index contributed by atoms with van der Waals surface area (Å²) in [6, 6.07) is 15.1. The summed E-state index contributed by atoms with van der Waals surface area (Å²) in [6.45, 7) is 5.93. The minimum Gasteiger partial charge on any atom is -0.490 e. The van der Waals surface area contributed by atoms with Crippen LogP contribution in [0.15, 0.2) is 81.3 Å². The van der Waals surface area contributed by atoms with Crippen LogP contribution in [0.1, 0.15) is 22.8 Å². The molecule has 38 heavy (non-hydrogen) atoms. The SMILES string of the molecule is C=CCOc1ccc(C(=O)N/N=C/c2cc(Br)cc(Br)c2OCC(=O)Nc2ccc(Cl)cc2)cc1OCC. The minimum absolute atomic E-state index is 0.253. The van der Waals surface area contributed by atoms with E-state index in [1.807, 2.05) is 6.92 Å². The van der Waals surface area contributed by atoms with Gasteiger partial charge in [0.15, 0.2) is 18.1 Å². The lowest BCUT2D eigenvalue weighted by molar-refractivity contribution is -0.118. The second kappa shape index (κ2) is 14.6. The van der Waals surface area contributed by atoms with E-state index in [1.54, 1.807) is 60.7 Å². The maximum atomic E-state index is 12.7. The number of hydrazone groups is 1. The van der Waals surface area contributed by atoms with Crippen molar-refractivity contribution in [1.82, 2.24) is 5.43 Å². The third-order valence-electron chi connectivity index (χ3n) is 4.74. The molecule has 0 saturated carbocycles. The van der Waals surface area contributed by atoms with Gasteiger partial charge in [-0.15, -0.1) is 0 Å². The molecule has 0 unspecified atom stereocenters. The van der Waals surface area contributed by atoms with Crippen molar-refractivity contribution in [2.45, 2.75) is 6.92 Å². The van der Waals surface area contributed by atoms with Gasteiger partial charge in [0.2, 0.25) is 0 Å². The molecule has 0 heterocycles. The standard InChI is InChI=1S/C27H24Br2ClN3O5/c1-3-11-37-23-10-5-17(13-24(23)36-4-2)27(35)33-31-15-18-12-19(28)14-22(29)26(18)38-16-25(34)32-21-8-6-20(30)7-9-21/h3,5-10,12-15H,1,4,11,16H2,2H3,(H,32,34)(H,33,35)/b31-15+. The van der Waals surface area contributed by atoms with E-state index in [0.29, 0.717) is 56.8 Å². The molecule has 8 nitrogen and oxygen atoms in total. The van der Waals surface area contributed by atoms with Crippen LogP contribution >= 0.6 is 43.5 Å². The van der Waals surface area contributed by atoms with Crippen molar-refractivity contribution in [3.8, 4) is 17.2 Å². The molecular weight excluding hydrogens is 642 g/mol. The average Bonchev–Trinajstić information content (AvgIpc) is 2.88. The number of nitrogens with one attached hydrogen (secondary N) is 2. The Morgan fingerprint density at radius 3 is 2.50 bits per heavy atom. The predicted octanol–water partition coefficient (Wildman–Crippen LogP) is 6.61.